The van der Waals surface area contributed by atoms with Crippen LogP contribution in [-0.2, 0) is 9.53 Å². The normalized spacial score (nSPS) is 12.7. The van der Waals surface area contributed by atoms with Crippen molar-refractivity contribution >= 4 is 28.2 Å². The number of amides is 1. The van der Waals surface area contributed by atoms with Crippen molar-refractivity contribution in [3.05, 3.63) is 75.7 Å². The molecule has 0 unspecified atom stereocenters. The van der Waals surface area contributed by atoms with E-state index in [1.165, 1.54) is 11.3 Å². The van der Waals surface area contributed by atoms with Gasteiger partial charge >= 0.3 is 5.97 Å². The number of para-hydroxylation sites is 2. The Balaban J connectivity index is 1.73. The number of esters is 1. The van der Waals surface area contributed by atoms with Gasteiger partial charge in [0.15, 0.2) is 0 Å². The molecule has 1 N–H and O–H groups in total. The fourth-order valence-electron chi connectivity index (χ4n) is 3.61. The van der Waals surface area contributed by atoms with Crippen LogP contribution in [0.15, 0.2) is 48.5 Å². The molecule has 2 heterocycles. The quantitative estimate of drug-likeness (QED) is 0.540. The van der Waals surface area contributed by atoms with E-state index in [9.17, 15) is 9.59 Å². The third-order valence-corrected chi connectivity index (χ3v) is 6.23. The molecule has 0 saturated carbocycles. The Bertz CT molecular complexity index is 1090. The molecule has 0 aliphatic carbocycles. The second-order valence-corrected chi connectivity index (χ2v) is 8.77. The summed E-state index contributed by atoms with van der Waals surface area (Å²) in [5.41, 5.74) is 2.84. The summed E-state index contributed by atoms with van der Waals surface area (Å²) in [6.07, 6.45) is -0.241. The Hall–Kier alpha value is -3.12. The number of hydrogen-bond donors (Lipinski definition) is 1. The molecule has 154 valence electrons. The zero-order valence-corrected chi connectivity index (χ0v) is 18.1. The van der Waals surface area contributed by atoms with Crippen LogP contribution in [0.3, 0.4) is 0 Å². The standard InChI is InChI=1S/C24H23NO4S/c1-13(2)28-24(27)20-14(3)15(4)30-23(20)25-22(26)21-16-9-5-7-11-18(16)29-19-12-8-6-10-17(19)21/h5-13,21H,1-4H3,(H,25,26). The van der Waals surface area contributed by atoms with Crippen LogP contribution in [0.1, 0.15) is 51.7 Å². The summed E-state index contributed by atoms with van der Waals surface area (Å²) in [5, 5.41) is 3.52. The molecule has 0 radical (unpaired) electrons. The van der Waals surface area contributed by atoms with Gasteiger partial charge in [-0.2, -0.15) is 0 Å². The van der Waals surface area contributed by atoms with Crippen LogP contribution in [0, 0.1) is 13.8 Å². The Kier molecular flexibility index (Phi) is 5.35. The molecular weight excluding hydrogens is 398 g/mol. The van der Waals surface area contributed by atoms with E-state index in [1.807, 2.05) is 62.4 Å². The van der Waals surface area contributed by atoms with Gasteiger partial charge in [0, 0.05) is 16.0 Å². The van der Waals surface area contributed by atoms with Gasteiger partial charge < -0.3 is 14.8 Å². The lowest BCUT2D eigenvalue weighted by atomic mass is 9.87. The third-order valence-electron chi connectivity index (χ3n) is 5.11. The molecule has 1 aliphatic rings. The van der Waals surface area contributed by atoms with Crippen LogP contribution in [0.5, 0.6) is 11.5 Å². The highest BCUT2D eigenvalue weighted by Gasteiger charge is 2.34. The SMILES string of the molecule is Cc1sc(NC(=O)C2c3ccccc3Oc3ccccc32)c(C(=O)OC(C)C)c1C. The Morgan fingerprint density at radius 1 is 1.00 bits per heavy atom. The molecule has 0 fully saturated rings. The first kappa shape index (κ1) is 20.2. The summed E-state index contributed by atoms with van der Waals surface area (Å²) in [6.45, 7) is 7.42. The highest BCUT2D eigenvalue weighted by Crippen LogP contribution is 2.45. The number of aryl methyl sites for hydroxylation is 1. The number of fused-ring (bicyclic) bond motifs is 2. The van der Waals surface area contributed by atoms with Crippen molar-refractivity contribution in [2.24, 2.45) is 0 Å². The zero-order valence-electron chi connectivity index (χ0n) is 17.3. The first-order chi connectivity index (χ1) is 14.4. The van der Waals surface area contributed by atoms with Crippen molar-refractivity contribution in [2.75, 3.05) is 5.32 Å². The molecular formula is C24H23NO4S. The van der Waals surface area contributed by atoms with E-state index in [-0.39, 0.29) is 12.0 Å². The summed E-state index contributed by atoms with van der Waals surface area (Å²) < 4.78 is 11.4. The molecule has 30 heavy (non-hydrogen) atoms. The average Bonchev–Trinajstić information content (AvgIpc) is 2.98. The van der Waals surface area contributed by atoms with Gasteiger partial charge in [0.1, 0.15) is 16.5 Å². The second kappa shape index (κ2) is 7.95. The highest BCUT2D eigenvalue weighted by atomic mass is 32.1. The van der Waals surface area contributed by atoms with Crippen LogP contribution in [0.4, 0.5) is 5.00 Å². The van der Waals surface area contributed by atoms with Crippen LogP contribution >= 0.6 is 11.3 Å². The van der Waals surface area contributed by atoms with Gasteiger partial charge in [0.05, 0.1) is 17.6 Å². The van der Waals surface area contributed by atoms with Gasteiger partial charge in [-0.3, -0.25) is 4.79 Å². The topological polar surface area (TPSA) is 64.6 Å². The van der Waals surface area contributed by atoms with E-state index in [1.54, 1.807) is 13.8 Å². The molecule has 5 nitrogen and oxygen atoms in total. The zero-order chi connectivity index (χ0) is 21.4. The summed E-state index contributed by atoms with van der Waals surface area (Å²) in [4.78, 5) is 27.1. The molecule has 0 bridgehead atoms. The van der Waals surface area contributed by atoms with Crippen molar-refractivity contribution in [1.29, 1.82) is 0 Å². The molecule has 0 atom stereocenters. The molecule has 3 aromatic rings. The van der Waals surface area contributed by atoms with Crippen molar-refractivity contribution in [1.82, 2.24) is 0 Å². The Morgan fingerprint density at radius 3 is 2.13 bits per heavy atom. The molecule has 1 aromatic heterocycles. The molecule has 1 amide bonds. The fourth-order valence-corrected chi connectivity index (χ4v) is 4.66. The first-order valence-electron chi connectivity index (χ1n) is 9.84. The Morgan fingerprint density at radius 2 is 1.57 bits per heavy atom. The maximum Gasteiger partial charge on any atom is 0.341 e. The first-order valence-corrected chi connectivity index (χ1v) is 10.7. The number of hydrogen-bond acceptors (Lipinski definition) is 5. The van der Waals surface area contributed by atoms with Gasteiger partial charge in [0.2, 0.25) is 5.91 Å². The molecule has 4 rings (SSSR count). The maximum absolute atomic E-state index is 13.5. The van der Waals surface area contributed by atoms with Gasteiger partial charge in [-0.15, -0.1) is 11.3 Å². The maximum atomic E-state index is 13.5. The predicted octanol–water partition coefficient (Wildman–Crippen LogP) is 5.81. The van der Waals surface area contributed by atoms with Crippen molar-refractivity contribution in [3.63, 3.8) is 0 Å². The lowest BCUT2D eigenvalue weighted by Gasteiger charge is -2.27. The Labute approximate surface area is 179 Å². The molecule has 2 aromatic carbocycles. The number of thiophene rings is 1. The highest BCUT2D eigenvalue weighted by molar-refractivity contribution is 7.16. The lowest BCUT2D eigenvalue weighted by Crippen LogP contribution is -2.25. The average molecular weight is 422 g/mol. The van der Waals surface area contributed by atoms with Gasteiger partial charge in [-0.05, 0) is 45.4 Å². The second-order valence-electron chi connectivity index (χ2n) is 7.54. The van der Waals surface area contributed by atoms with Gasteiger partial charge in [-0.1, -0.05) is 36.4 Å². The fraction of sp³-hybridized carbons (Fsp3) is 0.250. The van der Waals surface area contributed by atoms with E-state index in [4.69, 9.17) is 9.47 Å². The number of carbonyl (C=O) groups is 2. The van der Waals surface area contributed by atoms with Crippen molar-refractivity contribution in [3.8, 4) is 11.5 Å². The van der Waals surface area contributed by atoms with E-state index in [0.29, 0.717) is 22.1 Å². The van der Waals surface area contributed by atoms with Gasteiger partial charge in [0.25, 0.3) is 0 Å². The molecule has 1 aliphatic heterocycles. The minimum absolute atomic E-state index is 0.210. The molecule has 0 saturated heterocycles. The van der Waals surface area contributed by atoms with E-state index >= 15 is 0 Å². The molecule has 0 spiro atoms. The summed E-state index contributed by atoms with van der Waals surface area (Å²) in [7, 11) is 0. The smallest absolute Gasteiger partial charge is 0.341 e. The van der Waals surface area contributed by atoms with E-state index in [2.05, 4.69) is 5.32 Å². The van der Waals surface area contributed by atoms with Crippen LogP contribution < -0.4 is 10.1 Å². The van der Waals surface area contributed by atoms with E-state index in [0.717, 1.165) is 21.6 Å². The number of rotatable bonds is 4. The van der Waals surface area contributed by atoms with Crippen LogP contribution in [0.25, 0.3) is 0 Å². The van der Waals surface area contributed by atoms with Gasteiger partial charge in [-0.25, -0.2) is 4.79 Å². The number of carbonyl (C=O) groups excluding carboxylic acids is 2. The largest absolute Gasteiger partial charge is 0.459 e. The number of ether oxygens (including phenoxy) is 2. The van der Waals surface area contributed by atoms with Crippen molar-refractivity contribution in [2.45, 2.75) is 39.7 Å². The van der Waals surface area contributed by atoms with E-state index < -0.39 is 11.9 Å². The summed E-state index contributed by atoms with van der Waals surface area (Å²) in [5.74, 6) is 0.152. The number of benzene rings is 2. The summed E-state index contributed by atoms with van der Waals surface area (Å²) in [6, 6.07) is 15.1. The lowest BCUT2D eigenvalue weighted by molar-refractivity contribution is -0.116. The third kappa shape index (κ3) is 3.59. The monoisotopic (exact) mass is 421 g/mol. The molecule has 6 heteroatoms. The predicted molar refractivity (Wildman–Crippen MR) is 118 cm³/mol. The van der Waals surface area contributed by atoms with Crippen molar-refractivity contribution < 1.29 is 19.1 Å². The summed E-state index contributed by atoms with van der Waals surface area (Å²) >= 11 is 1.39. The minimum Gasteiger partial charge on any atom is -0.459 e. The minimum atomic E-state index is -0.539. The number of nitrogens with one attached hydrogen (secondary N) is 1. The van der Waals surface area contributed by atoms with Crippen LogP contribution in [-0.4, -0.2) is 18.0 Å². The van der Waals surface area contributed by atoms with Crippen LogP contribution in [0.2, 0.25) is 0 Å². The number of anilines is 1.